The lowest BCUT2D eigenvalue weighted by atomic mass is 9.98. The van der Waals surface area contributed by atoms with Gasteiger partial charge in [-0.15, -0.1) is 0 Å². The van der Waals surface area contributed by atoms with Gasteiger partial charge in [-0.1, -0.05) is 195 Å². The normalized spacial score (nSPS) is 14.1. The molecule has 1 unspecified atom stereocenters. The number of hydrogen-bond acceptors (Lipinski definition) is 2. The van der Waals surface area contributed by atoms with E-state index in [2.05, 4.69) is 259 Å². The van der Waals surface area contributed by atoms with Crippen molar-refractivity contribution in [3.05, 3.63) is 259 Å². The van der Waals surface area contributed by atoms with E-state index < -0.39 is 0 Å². The molecule has 7 aromatic carbocycles. The van der Waals surface area contributed by atoms with Crippen LogP contribution in [0.3, 0.4) is 0 Å². The van der Waals surface area contributed by atoms with E-state index in [0.29, 0.717) is 5.92 Å². The summed E-state index contributed by atoms with van der Waals surface area (Å²) in [4.78, 5) is 4.71. The van der Waals surface area contributed by atoms with Crippen LogP contribution in [0.1, 0.15) is 35.6 Å². The van der Waals surface area contributed by atoms with E-state index in [-0.39, 0.29) is 0 Å². The van der Waals surface area contributed by atoms with Gasteiger partial charge in [0, 0.05) is 34.1 Å². The summed E-state index contributed by atoms with van der Waals surface area (Å²) in [5, 5.41) is 0. The van der Waals surface area contributed by atoms with Gasteiger partial charge < -0.3 is 9.80 Å². The molecule has 0 fully saturated rings. The van der Waals surface area contributed by atoms with Crippen molar-refractivity contribution < 1.29 is 0 Å². The van der Waals surface area contributed by atoms with Crippen LogP contribution < -0.4 is 9.80 Å². The first-order valence-corrected chi connectivity index (χ1v) is 20.4. The Hall–Kier alpha value is -7.42. The topological polar surface area (TPSA) is 6.48 Å². The van der Waals surface area contributed by atoms with E-state index in [4.69, 9.17) is 0 Å². The summed E-state index contributed by atoms with van der Waals surface area (Å²) >= 11 is 0. The minimum Gasteiger partial charge on any atom is -0.314 e. The molecule has 0 bridgehead atoms. The van der Waals surface area contributed by atoms with Crippen LogP contribution in [0.2, 0.25) is 0 Å². The molecule has 1 atom stereocenters. The van der Waals surface area contributed by atoms with Crippen molar-refractivity contribution in [2.45, 2.75) is 13.3 Å². The van der Waals surface area contributed by atoms with Crippen LogP contribution in [0.25, 0.3) is 35.4 Å². The molecule has 2 heteroatoms. The van der Waals surface area contributed by atoms with Crippen LogP contribution in [0.4, 0.5) is 28.4 Å². The molecule has 2 nitrogen and oxygen atoms in total. The lowest BCUT2D eigenvalue weighted by Crippen LogP contribution is -2.19. The van der Waals surface area contributed by atoms with Crippen molar-refractivity contribution in [3.8, 4) is 11.1 Å². The van der Waals surface area contributed by atoms with Gasteiger partial charge in [-0.05, 0) is 112 Å². The van der Waals surface area contributed by atoms with Crippen LogP contribution in [-0.4, -0.2) is 0 Å². The highest BCUT2D eigenvalue weighted by atomic mass is 15.2. The van der Waals surface area contributed by atoms with E-state index in [1.165, 1.54) is 33.5 Å². The Kier molecular flexibility index (Phi) is 12.5. The molecular formula is C57H48N2. The summed E-state index contributed by atoms with van der Waals surface area (Å²) in [6.45, 7) is 2.28. The zero-order valence-electron chi connectivity index (χ0n) is 33.4. The molecule has 1 aliphatic carbocycles. The second-order valence-electron chi connectivity index (χ2n) is 14.8. The summed E-state index contributed by atoms with van der Waals surface area (Å²) in [5.41, 5.74) is 14.0. The van der Waals surface area contributed by atoms with Crippen molar-refractivity contribution in [1.82, 2.24) is 0 Å². The van der Waals surface area contributed by atoms with Crippen molar-refractivity contribution in [2.75, 3.05) is 9.80 Å². The Balaban J connectivity index is 0.998. The fourth-order valence-corrected chi connectivity index (χ4v) is 7.36. The highest BCUT2D eigenvalue weighted by Gasteiger charge is 2.18. The maximum Gasteiger partial charge on any atom is 0.0462 e. The molecule has 1 aliphatic rings. The van der Waals surface area contributed by atoms with Crippen molar-refractivity contribution in [1.29, 1.82) is 0 Å². The first-order valence-electron chi connectivity index (χ1n) is 20.4. The highest BCUT2D eigenvalue weighted by molar-refractivity contribution is 5.80. The Bertz CT molecular complexity index is 2580. The van der Waals surface area contributed by atoms with Gasteiger partial charge in [0.1, 0.15) is 0 Å². The van der Waals surface area contributed by atoms with Gasteiger partial charge in [-0.25, -0.2) is 0 Å². The number of para-hydroxylation sites is 1. The minimum absolute atomic E-state index is 0.478. The van der Waals surface area contributed by atoms with Gasteiger partial charge in [0.15, 0.2) is 0 Å². The van der Waals surface area contributed by atoms with Gasteiger partial charge in [-0.3, -0.25) is 0 Å². The average Bonchev–Trinajstić information content (AvgIpc) is 3.29. The lowest BCUT2D eigenvalue weighted by Gasteiger charge is -2.30. The predicted molar refractivity (Wildman–Crippen MR) is 255 cm³/mol. The summed E-state index contributed by atoms with van der Waals surface area (Å²) in [5.74, 6) is 0.478. The SMILES string of the molecule is CC1C=CC=C(N(c2ccc(/C=C/C=C/c3ccccc3)cc2)c2ccc(-c3ccc(N(c4ccccc4)c4ccc(/C=C/C=C/c5ccccc5)cc4)cc3)cc2)C1. The summed E-state index contributed by atoms with van der Waals surface area (Å²) < 4.78 is 0. The molecule has 0 aliphatic heterocycles. The second kappa shape index (κ2) is 19.1. The molecule has 0 N–H and O–H groups in total. The fourth-order valence-electron chi connectivity index (χ4n) is 7.36. The number of rotatable bonds is 13. The van der Waals surface area contributed by atoms with Crippen LogP contribution in [-0.2, 0) is 0 Å². The third-order valence-electron chi connectivity index (χ3n) is 10.4. The van der Waals surface area contributed by atoms with Crippen molar-refractivity contribution in [3.63, 3.8) is 0 Å². The zero-order valence-corrected chi connectivity index (χ0v) is 33.4. The van der Waals surface area contributed by atoms with Crippen molar-refractivity contribution >= 4 is 52.7 Å². The third-order valence-corrected chi connectivity index (χ3v) is 10.4. The average molecular weight is 761 g/mol. The smallest absolute Gasteiger partial charge is 0.0462 e. The molecule has 0 radical (unpaired) electrons. The molecule has 0 aromatic heterocycles. The first kappa shape index (κ1) is 38.5. The van der Waals surface area contributed by atoms with Gasteiger partial charge in [0.05, 0.1) is 0 Å². The Morgan fingerprint density at radius 2 is 0.712 bits per heavy atom. The van der Waals surface area contributed by atoms with Crippen molar-refractivity contribution in [2.24, 2.45) is 5.92 Å². The molecule has 59 heavy (non-hydrogen) atoms. The molecule has 0 amide bonds. The lowest BCUT2D eigenvalue weighted by molar-refractivity contribution is 0.696. The number of benzene rings is 7. The molecule has 0 saturated carbocycles. The predicted octanol–water partition coefficient (Wildman–Crippen LogP) is 15.9. The standard InChI is InChI=1S/C57H48N2/c1-45-16-15-27-57(44-45)59(54-38-30-49(31-39-54)24-14-12-22-47-19-7-3-8-20-47)56-42-34-51(35-43-56)50-32-40-55(41-33-50)58(52-25-9-4-10-26-52)53-36-28-48(29-37-53)23-13-11-21-46-17-5-2-6-18-46/h2-43,45H,44H2,1H3/b21-11+,22-12+,23-13+,24-14+. The van der Waals surface area contributed by atoms with E-state index in [0.717, 1.165) is 40.4 Å². The van der Waals surface area contributed by atoms with E-state index in [9.17, 15) is 0 Å². The molecule has 0 spiro atoms. The van der Waals surface area contributed by atoms with Gasteiger partial charge in [-0.2, -0.15) is 0 Å². The monoisotopic (exact) mass is 760 g/mol. The van der Waals surface area contributed by atoms with E-state index in [1.54, 1.807) is 0 Å². The summed E-state index contributed by atoms with van der Waals surface area (Å²) in [7, 11) is 0. The quantitative estimate of drug-likeness (QED) is 0.108. The molecule has 286 valence electrons. The second-order valence-corrected chi connectivity index (χ2v) is 14.8. The van der Waals surface area contributed by atoms with Gasteiger partial charge >= 0.3 is 0 Å². The Morgan fingerprint density at radius 1 is 0.373 bits per heavy atom. The van der Waals surface area contributed by atoms with Gasteiger partial charge in [0.2, 0.25) is 0 Å². The molecule has 0 saturated heterocycles. The van der Waals surface area contributed by atoms with Gasteiger partial charge in [0.25, 0.3) is 0 Å². The molecular weight excluding hydrogens is 713 g/mol. The first-order chi connectivity index (χ1) is 29.2. The highest BCUT2D eigenvalue weighted by Crippen LogP contribution is 2.38. The maximum atomic E-state index is 2.40. The molecule has 7 aromatic rings. The third kappa shape index (κ3) is 10.1. The van der Waals surface area contributed by atoms with Crippen LogP contribution in [0.15, 0.2) is 236 Å². The molecule has 8 rings (SSSR count). The number of anilines is 5. The zero-order chi connectivity index (χ0) is 40.1. The Labute approximate surface area is 350 Å². The number of nitrogens with zero attached hydrogens (tertiary/aromatic N) is 2. The number of allylic oxidation sites excluding steroid dienone is 8. The molecule has 0 heterocycles. The fraction of sp³-hybridized carbons (Fsp3) is 0.0526. The van der Waals surface area contributed by atoms with E-state index in [1.807, 2.05) is 12.1 Å². The largest absolute Gasteiger partial charge is 0.314 e. The van der Waals surface area contributed by atoms with Crippen LogP contribution in [0, 0.1) is 5.92 Å². The minimum atomic E-state index is 0.478. The Morgan fingerprint density at radius 3 is 1.12 bits per heavy atom. The number of hydrogen-bond donors (Lipinski definition) is 0. The van der Waals surface area contributed by atoms with E-state index >= 15 is 0 Å². The van der Waals surface area contributed by atoms with Crippen LogP contribution >= 0.6 is 0 Å². The van der Waals surface area contributed by atoms with Crippen LogP contribution in [0.5, 0.6) is 0 Å². The summed E-state index contributed by atoms with van der Waals surface area (Å²) in [6.07, 6.45) is 24.6. The maximum absolute atomic E-state index is 2.40. The summed E-state index contributed by atoms with van der Waals surface area (Å²) in [6, 6.07) is 66.8.